The zero-order valence-electron chi connectivity index (χ0n) is 12.5. The highest BCUT2D eigenvalue weighted by Gasteiger charge is 2.13. The number of nitrogens with one attached hydrogen (secondary N) is 2. The molecular weight excluding hydrogens is 320 g/mol. The third kappa shape index (κ3) is 6.39. The smallest absolute Gasteiger partial charge is 0.221 e. The second-order valence-electron chi connectivity index (χ2n) is 5.68. The number of hydrogen-bond donors (Lipinski definition) is 2. The Morgan fingerprint density at radius 2 is 2.05 bits per heavy atom. The average molecular weight is 343 g/mol. The van der Waals surface area contributed by atoms with Crippen LogP contribution in [0.1, 0.15) is 32.8 Å². The topological polar surface area (TPSA) is 50.4 Å². The van der Waals surface area contributed by atoms with Crippen LogP contribution in [0.5, 0.6) is 5.75 Å². The van der Waals surface area contributed by atoms with Gasteiger partial charge in [-0.15, -0.1) is 0 Å². The van der Waals surface area contributed by atoms with Gasteiger partial charge in [0, 0.05) is 35.1 Å². The first-order valence-corrected chi connectivity index (χ1v) is 7.45. The minimum absolute atomic E-state index is 0.0613. The fourth-order valence-corrected chi connectivity index (χ4v) is 2.20. The lowest BCUT2D eigenvalue weighted by atomic mass is 10.1. The summed E-state index contributed by atoms with van der Waals surface area (Å²) >= 11 is 3.44. The molecule has 0 aliphatic carbocycles. The molecule has 0 spiro atoms. The largest absolute Gasteiger partial charge is 0.496 e. The van der Waals surface area contributed by atoms with Crippen LogP contribution in [-0.4, -0.2) is 25.1 Å². The maximum atomic E-state index is 11.7. The Kier molecular flexibility index (Phi) is 6.49. The highest BCUT2D eigenvalue weighted by atomic mass is 79.9. The zero-order chi connectivity index (χ0) is 15.2. The number of carbonyl (C=O) groups is 1. The molecule has 0 aliphatic rings. The summed E-state index contributed by atoms with van der Waals surface area (Å²) in [5.41, 5.74) is 0.892. The van der Waals surface area contributed by atoms with Crippen LogP contribution in [0.15, 0.2) is 22.7 Å². The third-order valence-corrected chi connectivity index (χ3v) is 3.09. The number of halogens is 1. The second-order valence-corrected chi connectivity index (χ2v) is 6.60. The molecule has 0 bridgehead atoms. The molecule has 0 fully saturated rings. The van der Waals surface area contributed by atoms with E-state index in [0.29, 0.717) is 19.5 Å². The van der Waals surface area contributed by atoms with Crippen LogP contribution in [0.3, 0.4) is 0 Å². The maximum absolute atomic E-state index is 11.7. The number of methoxy groups -OCH3 is 1. The average Bonchev–Trinajstić information content (AvgIpc) is 2.33. The van der Waals surface area contributed by atoms with Crippen LogP contribution in [0, 0.1) is 0 Å². The molecule has 0 aliphatic heterocycles. The van der Waals surface area contributed by atoms with Crippen molar-refractivity contribution in [1.29, 1.82) is 0 Å². The molecule has 0 heterocycles. The van der Waals surface area contributed by atoms with Crippen LogP contribution >= 0.6 is 15.9 Å². The van der Waals surface area contributed by atoms with Gasteiger partial charge in [-0.05, 0) is 39.0 Å². The minimum Gasteiger partial charge on any atom is -0.496 e. The van der Waals surface area contributed by atoms with Crippen LogP contribution in [0.25, 0.3) is 0 Å². The van der Waals surface area contributed by atoms with Crippen LogP contribution in [-0.2, 0) is 11.3 Å². The molecular formula is C15H23BrN2O2. The molecule has 0 atom stereocenters. The molecule has 0 saturated carbocycles. The molecule has 0 aromatic heterocycles. The predicted octanol–water partition coefficient (Wildman–Crippen LogP) is 2.85. The molecule has 1 aromatic carbocycles. The number of hydrogen-bond acceptors (Lipinski definition) is 3. The first kappa shape index (κ1) is 17.0. The van der Waals surface area contributed by atoms with Crippen molar-refractivity contribution in [1.82, 2.24) is 10.6 Å². The summed E-state index contributed by atoms with van der Waals surface area (Å²) < 4.78 is 6.32. The van der Waals surface area contributed by atoms with Gasteiger partial charge >= 0.3 is 0 Å². The van der Waals surface area contributed by atoms with Gasteiger partial charge in [0.1, 0.15) is 5.75 Å². The monoisotopic (exact) mass is 342 g/mol. The Hall–Kier alpha value is -1.07. The van der Waals surface area contributed by atoms with Gasteiger partial charge in [-0.3, -0.25) is 4.79 Å². The summed E-state index contributed by atoms with van der Waals surface area (Å²) in [6, 6.07) is 5.88. The SMILES string of the molecule is COc1ccc(Br)cc1CNCCC(=O)NC(C)(C)C. The fraction of sp³-hybridized carbons (Fsp3) is 0.533. The van der Waals surface area contributed by atoms with Crippen molar-refractivity contribution in [2.24, 2.45) is 0 Å². The van der Waals surface area contributed by atoms with E-state index in [1.165, 1.54) is 0 Å². The van der Waals surface area contributed by atoms with Crippen LogP contribution < -0.4 is 15.4 Å². The standard InChI is InChI=1S/C15H23BrN2O2/c1-15(2,3)18-14(19)7-8-17-10-11-9-12(16)5-6-13(11)20-4/h5-6,9,17H,7-8,10H2,1-4H3,(H,18,19). The lowest BCUT2D eigenvalue weighted by Gasteiger charge is -2.20. The van der Waals surface area contributed by atoms with Crippen molar-refractivity contribution in [2.75, 3.05) is 13.7 Å². The number of ether oxygens (including phenoxy) is 1. The van der Waals surface area contributed by atoms with E-state index in [2.05, 4.69) is 26.6 Å². The Bertz CT molecular complexity index is 456. The number of benzene rings is 1. The summed E-state index contributed by atoms with van der Waals surface area (Å²) in [5.74, 6) is 0.908. The Labute approximate surface area is 129 Å². The van der Waals surface area contributed by atoms with Crippen molar-refractivity contribution >= 4 is 21.8 Å². The molecule has 1 rings (SSSR count). The Morgan fingerprint density at radius 3 is 2.65 bits per heavy atom. The van der Waals surface area contributed by atoms with E-state index in [4.69, 9.17) is 4.74 Å². The molecule has 1 amide bonds. The van der Waals surface area contributed by atoms with Crippen LogP contribution in [0.4, 0.5) is 0 Å². The first-order chi connectivity index (χ1) is 9.31. The fourth-order valence-electron chi connectivity index (χ4n) is 1.79. The zero-order valence-corrected chi connectivity index (χ0v) is 14.1. The number of rotatable bonds is 6. The van der Waals surface area contributed by atoms with Crippen molar-refractivity contribution < 1.29 is 9.53 Å². The number of carbonyl (C=O) groups excluding carboxylic acids is 1. The van der Waals surface area contributed by atoms with Gasteiger partial charge in [0.15, 0.2) is 0 Å². The lowest BCUT2D eigenvalue weighted by Crippen LogP contribution is -2.41. The summed E-state index contributed by atoms with van der Waals surface area (Å²) in [6.07, 6.45) is 0.466. The predicted molar refractivity (Wildman–Crippen MR) is 84.9 cm³/mol. The van der Waals surface area contributed by atoms with E-state index in [1.54, 1.807) is 7.11 Å². The van der Waals surface area contributed by atoms with Gasteiger partial charge in [-0.25, -0.2) is 0 Å². The first-order valence-electron chi connectivity index (χ1n) is 6.66. The van der Waals surface area contributed by atoms with E-state index in [9.17, 15) is 4.79 Å². The van der Waals surface area contributed by atoms with E-state index in [0.717, 1.165) is 15.8 Å². The number of amides is 1. The van der Waals surface area contributed by atoms with Crippen molar-refractivity contribution in [3.63, 3.8) is 0 Å². The highest BCUT2D eigenvalue weighted by molar-refractivity contribution is 9.10. The lowest BCUT2D eigenvalue weighted by molar-refractivity contribution is -0.122. The van der Waals surface area contributed by atoms with E-state index < -0.39 is 0 Å². The van der Waals surface area contributed by atoms with Gasteiger partial charge < -0.3 is 15.4 Å². The van der Waals surface area contributed by atoms with E-state index in [1.807, 2.05) is 39.0 Å². The summed E-state index contributed by atoms with van der Waals surface area (Å²) in [6.45, 7) is 7.24. The molecule has 4 nitrogen and oxygen atoms in total. The van der Waals surface area contributed by atoms with E-state index in [-0.39, 0.29) is 11.4 Å². The molecule has 1 aromatic rings. The second kappa shape index (κ2) is 7.64. The minimum atomic E-state index is -0.176. The van der Waals surface area contributed by atoms with Gasteiger partial charge in [0.05, 0.1) is 7.11 Å². The van der Waals surface area contributed by atoms with Gasteiger partial charge in [0.25, 0.3) is 0 Å². The van der Waals surface area contributed by atoms with Gasteiger partial charge in [-0.1, -0.05) is 15.9 Å². The quantitative estimate of drug-likeness (QED) is 0.781. The molecule has 20 heavy (non-hydrogen) atoms. The molecule has 5 heteroatoms. The van der Waals surface area contributed by atoms with Crippen LogP contribution in [0.2, 0.25) is 0 Å². The normalized spacial score (nSPS) is 11.2. The maximum Gasteiger partial charge on any atom is 0.221 e. The van der Waals surface area contributed by atoms with E-state index >= 15 is 0 Å². The Morgan fingerprint density at radius 1 is 1.35 bits per heavy atom. The molecule has 112 valence electrons. The summed E-state index contributed by atoms with van der Waals surface area (Å²) in [7, 11) is 1.66. The summed E-state index contributed by atoms with van der Waals surface area (Å²) in [4.78, 5) is 11.7. The van der Waals surface area contributed by atoms with Crippen molar-refractivity contribution in [3.05, 3.63) is 28.2 Å². The van der Waals surface area contributed by atoms with Crippen molar-refractivity contribution in [3.8, 4) is 5.75 Å². The third-order valence-electron chi connectivity index (χ3n) is 2.60. The molecule has 0 radical (unpaired) electrons. The molecule has 2 N–H and O–H groups in total. The Balaban J connectivity index is 2.38. The van der Waals surface area contributed by atoms with Gasteiger partial charge in [-0.2, -0.15) is 0 Å². The summed E-state index contributed by atoms with van der Waals surface area (Å²) in [5, 5.41) is 6.20. The molecule has 0 unspecified atom stereocenters. The van der Waals surface area contributed by atoms with Gasteiger partial charge in [0.2, 0.25) is 5.91 Å². The molecule has 0 saturated heterocycles. The van der Waals surface area contributed by atoms with Crippen molar-refractivity contribution in [2.45, 2.75) is 39.3 Å². The highest BCUT2D eigenvalue weighted by Crippen LogP contribution is 2.22.